The number of aromatic nitrogens is 2. The molecule has 1 aliphatic carbocycles. The van der Waals surface area contributed by atoms with Gasteiger partial charge in [-0.25, -0.2) is 4.98 Å². The molecule has 1 heterocycles. The summed E-state index contributed by atoms with van der Waals surface area (Å²) in [5, 5.41) is 9.07. The average molecular weight is 223 g/mol. The Labute approximate surface area is 94.3 Å². The molecule has 16 heavy (non-hydrogen) atoms. The number of nitrogens with zero attached hydrogens (tertiary/aromatic N) is 3. The number of aliphatic hydroxyl groups is 1. The Morgan fingerprint density at radius 1 is 1.69 bits per heavy atom. The number of hydrogen-bond acceptors (Lipinski definition) is 4. The molecular weight excluding hydrogens is 206 g/mol. The Morgan fingerprint density at radius 3 is 2.94 bits per heavy atom. The normalized spacial score (nSPS) is 17.2. The molecule has 0 amide bonds. The van der Waals surface area contributed by atoms with Crippen LogP contribution in [0, 0.1) is 0 Å². The lowest BCUT2D eigenvalue weighted by molar-refractivity contribution is 0.269. The summed E-state index contributed by atoms with van der Waals surface area (Å²) in [5.74, 6) is 0.413. The fourth-order valence-corrected chi connectivity index (χ4v) is 1.63. The molecule has 1 aromatic heterocycles. The van der Waals surface area contributed by atoms with Crippen LogP contribution < -0.4 is 10.5 Å². The number of rotatable bonds is 4. The molecule has 88 valence electrons. The van der Waals surface area contributed by atoms with Crippen molar-refractivity contribution in [2.24, 2.45) is 0 Å². The Morgan fingerprint density at radius 2 is 2.38 bits per heavy atom. The minimum absolute atomic E-state index is 0.00986. The molecule has 5 nitrogen and oxygen atoms in total. The van der Waals surface area contributed by atoms with Crippen LogP contribution in [0.5, 0.6) is 0 Å². The van der Waals surface area contributed by atoms with E-state index in [-0.39, 0.29) is 18.2 Å². The van der Waals surface area contributed by atoms with Gasteiger partial charge in [0.1, 0.15) is 0 Å². The van der Waals surface area contributed by atoms with Crippen molar-refractivity contribution in [3.8, 4) is 0 Å². The highest BCUT2D eigenvalue weighted by molar-refractivity contribution is 5.36. The first-order valence-electron chi connectivity index (χ1n) is 5.56. The lowest BCUT2D eigenvalue weighted by Crippen LogP contribution is -2.38. The standard InChI is InChI=1S/C11H17N3O2/c1-8(7-15)13(2)10-11(16)14(6-5-12-10)9-3-4-9/h5-6,8-9,15H,3-4,7H2,1-2H3. The van der Waals surface area contributed by atoms with Crippen LogP contribution in [0.25, 0.3) is 0 Å². The molecule has 0 aromatic carbocycles. The molecule has 0 aliphatic heterocycles. The van der Waals surface area contributed by atoms with E-state index in [4.69, 9.17) is 5.11 Å². The van der Waals surface area contributed by atoms with E-state index in [1.165, 1.54) is 0 Å². The van der Waals surface area contributed by atoms with Crippen LogP contribution in [0.15, 0.2) is 17.2 Å². The van der Waals surface area contributed by atoms with Gasteiger partial charge in [0.2, 0.25) is 0 Å². The quantitative estimate of drug-likeness (QED) is 0.802. The lowest BCUT2D eigenvalue weighted by atomic mass is 10.3. The first-order valence-corrected chi connectivity index (χ1v) is 5.56. The van der Waals surface area contributed by atoms with Crippen molar-refractivity contribution in [1.82, 2.24) is 9.55 Å². The van der Waals surface area contributed by atoms with E-state index in [1.54, 1.807) is 28.9 Å². The molecule has 5 heteroatoms. The second kappa shape index (κ2) is 4.25. The topological polar surface area (TPSA) is 58.4 Å². The Hall–Kier alpha value is -1.36. The van der Waals surface area contributed by atoms with E-state index in [0.717, 1.165) is 12.8 Å². The van der Waals surface area contributed by atoms with E-state index >= 15 is 0 Å². The van der Waals surface area contributed by atoms with Gasteiger partial charge in [-0.15, -0.1) is 0 Å². The van der Waals surface area contributed by atoms with Crippen LogP contribution >= 0.6 is 0 Å². The van der Waals surface area contributed by atoms with Crippen LogP contribution in [0.2, 0.25) is 0 Å². The number of aliphatic hydroxyl groups excluding tert-OH is 1. The smallest absolute Gasteiger partial charge is 0.293 e. The molecule has 0 radical (unpaired) electrons. The second-order valence-electron chi connectivity index (χ2n) is 4.34. The highest BCUT2D eigenvalue weighted by Gasteiger charge is 2.26. The summed E-state index contributed by atoms with van der Waals surface area (Å²) in [7, 11) is 1.78. The van der Waals surface area contributed by atoms with Gasteiger partial charge in [0.25, 0.3) is 5.56 Å². The number of anilines is 1. The fraction of sp³-hybridized carbons (Fsp3) is 0.636. The highest BCUT2D eigenvalue weighted by Crippen LogP contribution is 2.33. The van der Waals surface area contributed by atoms with Crippen LogP contribution in [0.3, 0.4) is 0 Å². The summed E-state index contributed by atoms with van der Waals surface area (Å²) < 4.78 is 1.74. The maximum absolute atomic E-state index is 12.1. The molecular formula is C11H17N3O2. The molecule has 1 aliphatic rings. The molecule has 1 atom stereocenters. The van der Waals surface area contributed by atoms with Crippen LogP contribution in [0.1, 0.15) is 25.8 Å². The molecule has 0 spiro atoms. The molecule has 2 rings (SSSR count). The minimum Gasteiger partial charge on any atom is -0.394 e. The molecule has 0 bridgehead atoms. The molecule has 0 saturated heterocycles. The largest absolute Gasteiger partial charge is 0.394 e. The highest BCUT2D eigenvalue weighted by atomic mass is 16.3. The van der Waals surface area contributed by atoms with Crippen LogP contribution in [0.4, 0.5) is 5.82 Å². The maximum Gasteiger partial charge on any atom is 0.293 e. The second-order valence-corrected chi connectivity index (χ2v) is 4.34. The monoisotopic (exact) mass is 223 g/mol. The Kier molecular flexibility index (Phi) is 2.96. The van der Waals surface area contributed by atoms with Gasteiger partial charge in [-0.2, -0.15) is 0 Å². The van der Waals surface area contributed by atoms with E-state index < -0.39 is 0 Å². The van der Waals surface area contributed by atoms with E-state index in [9.17, 15) is 4.79 Å². The minimum atomic E-state index is -0.102. The van der Waals surface area contributed by atoms with Crippen molar-refractivity contribution in [3.05, 3.63) is 22.7 Å². The maximum atomic E-state index is 12.1. The molecule has 1 aromatic rings. The zero-order valence-corrected chi connectivity index (χ0v) is 9.63. The molecule has 1 fully saturated rings. The SMILES string of the molecule is CC(CO)N(C)c1nccn(C2CC2)c1=O. The Balaban J connectivity index is 2.33. The number of hydrogen-bond donors (Lipinski definition) is 1. The van der Waals surface area contributed by atoms with Crippen molar-refractivity contribution in [2.45, 2.75) is 31.8 Å². The van der Waals surface area contributed by atoms with Gasteiger partial charge in [0.15, 0.2) is 5.82 Å². The third-order valence-corrected chi connectivity index (χ3v) is 3.05. The average Bonchev–Trinajstić information content (AvgIpc) is 3.11. The van der Waals surface area contributed by atoms with Crippen LogP contribution in [-0.4, -0.2) is 34.4 Å². The summed E-state index contributed by atoms with van der Waals surface area (Å²) in [6.45, 7) is 1.87. The van der Waals surface area contributed by atoms with Gasteiger partial charge < -0.3 is 14.6 Å². The zero-order valence-electron chi connectivity index (χ0n) is 9.63. The first-order chi connectivity index (χ1) is 7.65. The fourth-order valence-electron chi connectivity index (χ4n) is 1.63. The third kappa shape index (κ3) is 1.95. The van der Waals surface area contributed by atoms with Gasteiger partial charge in [0.05, 0.1) is 12.6 Å². The van der Waals surface area contributed by atoms with Gasteiger partial charge in [-0.05, 0) is 19.8 Å². The van der Waals surface area contributed by atoms with E-state index in [2.05, 4.69) is 4.98 Å². The summed E-state index contributed by atoms with van der Waals surface area (Å²) >= 11 is 0. The van der Waals surface area contributed by atoms with Crippen LogP contribution in [-0.2, 0) is 0 Å². The predicted molar refractivity (Wildman–Crippen MR) is 61.7 cm³/mol. The van der Waals surface area contributed by atoms with Gasteiger partial charge in [-0.3, -0.25) is 4.79 Å². The lowest BCUT2D eigenvalue weighted by Gasteiger charge is -2.23. The van der Waals surface area contributed by atoms with Gasteiger partial charge in [-0.1, -0.05) is 0 Å². The van der Waals surface area contributed by atoms with Crippen molar-refractivity contribution in [3.63, 3.8) is 0 Å². The van der Waals surface area contributed by atoms with Crippen molar-refractivity contribution in [2.75, 3.05) is 18.6 Å². The van der Waals surface area contributed by atoms with Crippen molar-refractivity contribution < 1.29 is 5.11 Å². The van der Waals surface area contributed by atoms with Gasteiger partial charge in [0, 0.05) is 25.5 Å². The summed E-state index contributed by atoms with van der Waals surface area (Å²) in [6.07, 6.45) is 5.53. The van der Waals surface area contributed by atoms with E-state index in [1.807, 2.05) is 6.92 Å². The summed E-state index contributed by atoms with van der Waals surface area (Å²) in [6, 6.07) is 0.252. The summed E-state index contributed by atoms with van der Waals surface area (Å²) in [4.78, 5) is 17.9. The molecule has 1 N–H and O–H groups in total. The molecule has 1 unspecified atom stereocenters. The third-order valence-electron chi connectivity index (χ3n) is 3.05. The Bertz CT molecular complexity index is 425. The van der Waals surface area contributed by atoms with Gasteiger partial charge >= 0.3 is 0 Å². The first kappa shape index (κ1) is 11.1. The van der Waals surface area contributed by atoms with Crippen molar-refractivity contribution >= 4 is 5.82 Å². The zero-order chi connectivity index (χ0) is 11.7. The summed E-state index contributed by atoms with van der Waals surface area (Å²) in [5.41, 5.74) is -0.0622. The predicted octanol–water partition coefficient (Wildman–Crippen LogP) is 0.395. The van der Waals surface area contributed by atoms with Crippen molar-refractivity contribution in [1.29, 1.82) is 0 Å². The number of likely N-dealkylation sites (N-methyl/N-ethyl adjacent to an activating group) is 1. The molecule has 1 saturated carbocycles. The van der Waals surface area contributed by atoms with E-state index in [0.29, 0.717) is 11.9 Å².